The largest absolute Gasteiger partial charge is 0.465 e. The average molecular weight is 648 g/mol. The van der Waals surface area contributed by atoms with Crippen LogP contribution in [0.15, 0.2) is 77.8 Å². The molecule has 1 unspecified atom stereocenters. The summed E-state index contributed by atoms with van der Waals surface area (Å²) in [6.45, 7) is 3.53. The fraction of sp³-hybridized carbons (Fsp3) is 0.333. The van der Waals surface area contributed by atoms with Gasteiger partial charge >= 0.3 is 5.97 Å². The molecule has 1 saturated heterocycles. The first-order valence-corrected chi connectivity index (χ1v) is 16.5. The molecular weight excluding hydrogens is 610 g/mol. The summed E-state index contributed by atoms with van der Waals surface area (Å²) in [5.74, 6) is -2.70. The molecule has 2 aliphatic heterocycles. The van der Waals surface area contributed by atoms with Gasteiger partial charge in [0.15, 0.2) is 0 Å². The smallest absolute Gasteiger partial charge is 0.337 e. The quantitative estimate of drug-likeness (QED) is 0.200. The molecule has 2 aliphatic rings. The highest BCUT2D eigenvalue weighted by Crippen LogP contribution is 2.41. The maximum atomic E-state index is 14.0. The molecule has 0 aliphatic carbocycles. The predicted molar refractivity (Wildman–Crippen MR) is 176 cm³/mol. The number of fused-ring (bicyclic) bond motifs is 1. The number of carbonyl (C=O) groups excluding carboxylic acids is 3. The number of anilines is 2. The second-order valence-corrected chi connectivity index (χ2v) is 13.0. The summed E-state index contributed by atoms with van der Waals surface area (Å²) < 4.78 is 37.5. The number of methoxy groups -OCH3 is 1. The van der Waals surface area contributed by atoms with Gasteiger partial charge in [0.2, 0.25) is 11.8 Å². The first-order chi connectivity index (χ1) is 21.9. The fourth-order valence-corrected chi connectivity index (χ4v) is 6.03. The molecule has 3 aromatic rings. The minimum absolute atomic E-state index is 0.0183. The Labute approximate surface area is 268 Å². The number of hydrogen-bond donors (Lipinski definition) is 1. The fourth-order valence-electron chi connectivity index (χ4n) is 5.62. The van der Waals surface area contributed by atoms with Crippen LogP contribution >= 0.6 is 0 Å². The number of hydrogen-bond acceptors (Lipinski definition) is 9. The van der Waals surface area contributed by atoms with Gasteiger partial charge in [-0.15, -0.1) is 0 Å². The van der Waals surface area contributed by atoms with Crippen molar-refractivity contribution in [3.63, 3.8) is 0 Å². The lowest BCUT2D eigenvalue weighted by molar-refractivity contribution is -0.120. The van der Waals surface area contributed by atoms with Crippen LogP contribution < -0.4 is 9.80 Å². The SMILES string of the molecule is COC(=O)c1ccc2c(c1)N(CCS(=O)(=O)O)C(=O)C2C(=Nc1ccc(N(C)C(=O)CN2CCN(C)CC2)cc1)c1ccccc1. The molecular formula is C33H37N5O7S. The van der Waals surface area contributed by atoms with E-state index < -0.39 is 33.7 Å². The molecule has 5 rings (SSSR count). The number of piperazine rings is 1. The summed E-state index contributed by atoms with van der Waals surface area (Å²) >= 11 is 0. The molecule has 1 atom stereocenters. The Kier molecular flexibility index (Phi) is 9.97. The highest BCUT2D eigenvalue weighted by molar-refractivity contribution is 7.85. The molecule has 242 valence electrons. The third kappa shape index (κ3) is 7.50. The Bertz CT molecular complexity index is 1740. The second-order valence-electron chi connectivity index (χ2n) is 11.4. The van der Waals surface area contributed by atoms with Crippen LogP contribution in [-0.2, 0) is 24.4 Å². The highest BCUT2D eigenvalue weighted by Gasteiger charge is 2.41. The topological polar surface area (TPSA) is 140 Å². The molecule has 1 fully saturated rings. The molecule has 13 heteroatoms. The average Bonchev–Trinajstić information content (AvgIpc) is 3.33. The molecule has 2 heterocycles. The van der Waals surface area contributed by atoms with Gasteiger partial charge in [-0.05, 0) is 54.6 Å². The van der Waals surface area contributed by atoms with Crippen molar-refractivity contribution < 1.29 is 32.1 Å². The predicted octanol–water partition coefficient (Wildman–Crippen LogP) is 2.82. The van der Waals surface area contributed by atoms with E-state index in [9.17, 15) is 27.4 Å². The summed E-state index contributed by atoms with van der Waals surface area (Å²) in [5, 5.41) is 0. The molecule has 1 N–H and O–H groups in total. The third-order valence-electron chi connectivity index (χ3n) is 8.30. The number of rotatable bonds is 10. The molecule has 0 bridgehead atoms. The van der Waals surface area contributed by atoms with Crippen molar-refractivity contribution in [2.75, 3.05) is 76.0 Å². The van der Waals surface area contributed by atoms with Crippen LogP contribution in [0.2, 0.25) is 0 Å². The van der Waals surface area contributed by atoms with E-state index in [0.717, 1.165) is 26.2 Å². The van der Waals surface area contributed by atoms with E-state index in [-0.39, 0.29) is 18.0 Å². The normalized spacial score (nSPS) is 17.6. The minimum Gasteiger partial charge on any atom is -0.465 e. The maximum absolute atomic E-state index is 14.0. The van der Waals surface area contributed by atoms with E-state index in [0.29, 0.717) is 40.4 Å². The number of ether oxygens (including phenoxy) is 1. The molecule has 0 spiro atoms. The van der Waals surface area contributed by atoms with E-state index in [2.05, 4.69) is 16.8 Å². The van der Waals surface area contributed by atoms with Crippen LogP contribution in [0, 0.1) is 0 Å². The van der Waals surface area contributed by atoms with Crippen molar-refractivity contribution in [3.05, 3.63) is 89.5 Å². The first kappa shape index (κ1) is 32.9. The number of amides is 2. The number of aliphatic imine (C=N–C) groups is 1. The summed E-state index contributed by atoms with van der Waals surface area (Å²) in [5.41, 5.74) is 3.38. The van der Waals surface area contributed by atoms with Crippen LogP contribution in [0.4, 0.5) is 17.1 Å². The molecule has 12 nitrogen and oxygen atoms in total. The van der Waals surface area contributed by atoms with Crippen LogP contribution in [-0.4, -0.2) is 112 Å². The van der Waals surface area contributed by atoms with Gasteiger partial charge in [0.05, 0.1) is 36.4 Å². The summed E-state index contributed by atoms with van der Waals surface area (Å²) in [4.78, 5) is 51.5. The van der Waals surface area contributed by atoms with E-state index in [1.54, 1.807) is 48.3 Å². The minimum atomic E-state index is -4.38. The standard InChI is InChI=1S/C33H37N5O7S/c1-35-15-17-37(18-16-35)22-29(39)36(2)26-12-10-25(11-13-26)34-31(23-7-5-4-6-8-23)30-27-14-9-24(33(41)45-3)21-28(27)38(32(30)40)19-20-46(42,43)44/h4-14,21,30H,15-20,22H2,1-3H3,(H,42,43,44). The zero-order valence-electron chi connectivity index (χ0n) is 26.0. The van der Waals surface area contributed by atoms with Crippen molar-refractivity contribution in [3.8, 4) is 0 Å². The lowest BCUT2D eigenvalue weighted by Gasteiger charge is -2.32. The number of benzene rings is 3. The molecule has 0 saturated carbocycles. The summed E-state index contributed by atoms with van der Waals surface area (Å²) in [6, 6.07) is 21.0. The van der Waals surface area contributed by atoms with Crippen molar-refractivity contribution >= 4 is 50.7 Å². The lowest BCUT2D eigenvalue weighted by Crippen LogP contribution is -2.48. The second kappa shape index (κ2) is 13.9. The number of nitrogens with zero attached hydrogens (tertiary/aromatic N) is 5. The maximum Gasteiger partial charge on any atom is 0.337 e. The number of esters is 1. The van der Waals surface area contributed by atoms with Crippen molar-refractivity contribution in [2.45, 2.75) is 5.92 Å². The third-order valence-corrected chi connectivity index (χ3v) is 9.00. The Morgan fingerprint density at radius 1 is 0.978 bits per heavy atom. The molecule has 0 radical (unpaired) electrons. The van der Waals surface area contributed by atoms with Gasteiger partial charge in [0.25, 0.3) is 10.1 Å². The van der Waals surface area contributed by atoms with E-state index >= 15 is 0 Å². The van der Waals surface area contributed by atoms with Gasteiger partial charge in [-0.3, -0.25) is 24.0 Å². The van der Waals surface area contributed by atoms with Gasteiger partial charge in [0, 0.05) is 51.1 Å². The first-order valence-electron chi connectivity index (χ1n) is 14.9. The van der Waals surface area contributed by atoms with E-state index in [4.69, 9.17) is 9.73 Å². The van der Waals surface area contributed by atoms with Gasteiger partial charge < -0.3 is 19.4 Å². The zero-order chi connectivity index (χ0) is 33.0. The molecule has 0 aromatic heterocycles. The Hall–Kier alpha value is -4.43. The molecule has 2 amide bonds. The molecule has 3 aromatic carbocycles. The Balaban J connectivity index is 1.48. The van der Waals surface area contributed by atoms with Gasteiger partial charge in [-0.1, -0.05) is 36.4 Å². The summed E-state index contributed by atoms with van der Waals surface area (Å²) in [7, 11) is 0.669. The Morgan fingerprint density at radius 3 is 2.28 bits per heavy atom. The van der Waals surface area contributed by atoms with E-state index in [1.807, 2.05) is 30.3 Å². The van der Waals surface area contributed by atoms with Crippen molar-refractivity contribution in [1.82, 2.24) is 9.80 Å². The van der Waals surface area contributed by atoms with Crippen LogP contribution in [0.1, 0.15) is 27.4 Å². The lowest BCUT2D eigenvalue weighted by atomic mass is 9.90. The monoisotopic (exact) mass is 647 g/mol. The number of likely N-dealkylation sites (N-methyl/N-ethyl adjacent to an activating group) is 2. The van der Waals surface area contributed by atoms with Crippen molar-refractivity contribution in [1.29, 1.82) is 0 Å². The highest BCUT2D eigenvalue weighted by atomic mass is 32.2. The summed E-state index contributed by atoms with van der Waals surface area (Å²) in [6.07, 6.45) is 0. The van der Waals surface area contributed by atoms with Gasteiger partial charge in [-0.2, -0.15) is 8.42 Å². The Morgan fingerprint density at radius 2 is 1.65 bits per heavy atom. The van der Waals surface area contributed by atoms with E-state index in [1.165, 1.54) is 18.1 Å². The van der Waals surface area contributed by atoms with Crippen molar-refractivity contribution in [2.24, 2.45) is 4.99 Å². The zero-order valence-corrected chi connectivity index (χ0v) is 26.8. The van der Waals surface area contributed by atoms with Gasteiger partial charge in [0.1, 0.15) is 5.92 Å². The van der Waals surface area contributed by atoms with Crippen LogP contribution in [0.25, 0.3) is 0 Å². The molecule has 46 heavy (non-hydrogen) atoms. The van der Waals surface area contributed by atoms with Gasteiger partial charge in [-0.25, -0.2) is 4.79 Å². The van der Waals surface area contributed by atoms with Crippen LogP contribution in [0.5, 0.6) is 0 Å². The van der Waals surface area contributed by atoms with Crippen LogP contribution in [0.3, 0.4) is 0 Å². The number of carbonyl (C=O) groups is 3.